The van der Waals surface area contributed by atoms with Crippen molar-refractivity contribution in [3.8, 4) is 5.75 Å². The molecule has 0 atom stereocenters. The molecule has 1 saturated heterocycles. The molecule has 3 aromatic rings. The molecule has 1 heterocycles. The smallest absolute Gasteiger partial charge is 0.258 e. The van der Waals surface area contributed by atoms with Crippen molar-refractivity contribution in [2.45, 2.75) is 32.4 Å². The summed E-state index contributed by atoms with van der Waals surface area (Å²) in [6, 6.07) is 19.0. The number of hydrogen-bond acceptors (Lipinski definition) is 3. The molecule has 0 unspecified atom stereocenters. The Morgan fingerprint density at radius 2 is 1.64 bits per heavy atom. The second-order valence-corrected chi connectivity index (χ2v) is 8.45. The van der Waals surface area contributed by atoms with Crippen molar-refractivity contribution >= 4 is 11.6 Å². The predicted molar refractivity (Wildman–Crippen MR) is 126 cm³/mol. The minimum absolute atomic E-state index is 0.0346. The first-order chi connectivity index (χ1) is 16.0. The van der Waals surface area contributed by atoms with E-state index in [1.54, 1.807) is 7.11 Å². The molecule has 0 N–H and O–H groups in total. The van der Waals surface area contributed by atoms with Crippen LogP contribution in [0.3, 0.4) is 0 Å². The maximum Gasteiger partial charge on any atom is 0.258 e. The van der Waals surface area contributed by atoms with Crippen molar-refractivity contribution in [1.29, 1.82) is 0 Å². The molecule has 172 valence electrons. The highest BCUT2D eigenvalue weighted by Crippen LogP contribution is 2.29. The molecule has 1 amide bonds. The number of anilines is 1. The molecule has 1 aliphatic heterocycles. The number of halogens is 2. The minimum Gasteiger partial charge on any atom is -0.497 e. The van der Waals surface area contributed by atoms with Gasteiger partial charge >= 0.3 is 0 Å². The van der Waals surface area contributed by atoms with Crippen molar-refractivity contribution in [3.63, 3.8) is 0 Å². The summed E-state index contributed by atoms with van der Waals surface area (Å²) in [5.74, 6) is -0.433. The van der Waals surface area contributed by atoms with Crippen LogP contribution in [0.1, 0.15) is 34.3 Å². The lowest BCUT2D eigenvalue weighted by Crippen LogP contribution is -2.47. The first-order valence-corrected chi connectivity index (χ1v) is 11.2. The molecule has 0 aliphatic carbocycles. The van der Waals surface area contributed by atoms with Crippen molar-refractivity contribution in [2.75, 3.05) is 25.1 Å². The number of nitrogens with zero attached hydrogens (tertiary/aromatic N) is 2. The van der Waals surface area contributed by atoms with Gasteiger partial charge in [0.25, 0.3) is 5.91 Å². The van der Waals surface area contributed by atoms with Crippen LogP contribution in [-0.4, -0.2) is 37.0 Å². The normalized spacial score (nSPS) is 14.8. The zero-order valence-corrected chi connectivity index (χ0v) is 18.9. The van der Waals surface area contributed by atoms with Gasteiger partial charge in [0, 0.05) is 48.6 Å². The van der Waals surface area contributed by atoms with E-state index in [4.69, 9.17) is 4.74 Å². The van der Waals surface area contributed by atoms with E-state index in [0.717, 1.165) is 11.3 Å². The Kier molecular flexibility index (Phi) is 7.04. The molecular weight excluding hydrogens is 422 g/mol. The first kappa shape index (κ1) is 22.9. The molecule has 4 nitrogen and oxygen atoms in total. The average molecular weight is 451 g/mol. The van der Waals surface area contributed by atoms with Crippen LogP contribution in [0.4, 0.5) is 14.5 Å². The van der Waals surface area contributed by atoms with Gasteiger partial charge in [-0.2, -0.15) is 0 Å². The number of ether oxygens (including phenoxy) is 1. The van der Waals surface area contributed by atoms with Crippen LogP contribution < -0.4 is 9.64 Å². The summed E-state index contributed by atoms with van der Waals surface area (Å²) in [6.07, 6.45) is 1.40. The lowest BCUT2D eigenvalue weighted by atomic mass is 9.99. The second-order valence-electron chi connectivity index (χ2n) is 8.45. The Labute approximate surface area is 193 Å². The molecule has 1 fully saturated rings. The molecule has 0 bridgehead atoms. The topological polar surface area (TPSA) is 32.8 Å². The van der Waals surface area contributed by atoms with Gasteiger partial charge in [0.1, 0.15) is 17.4 Å². The molecule has 0 aromatic heterocycles. The van der Waals surface area contributed by atoms with E-state index in [0.29, 0.717) is 37.2 Å². The Morgan fingerprint density at radius 1 is 1.00 bits per heavy atom. The van der Waals surface area contributed by atoms with Gasteiger partial charge in [-0.1, -0.05) is 29.8 Å². The average Bonchev–Trinajstić information content (AvgIpc) is 2.83. The van der Waals surface area contributed by atoms with Gasteiger partial charge in [0.05, 0.1) is 7.11 Å². The van der Waals surface area contributed by atoms with Crippen LogP contribution in [0.15, 0.2) is 66.7 Å². The molecule has 3 aromatic carbocycles. The Balaban J connectivity index is 1.55. The maximum atomic E-state index is 14.1. The molecule has 33 heavy (non-hydrogen) atoms. The van der Waals surface area contributed by atoms with Crippen LogP contribution in [-0.2, 0) is 6.54 Å². The van der Waals surface area contributed by atoms with E-state index in [2.05, 4.69) is 0 Å². The molecule has 1 aliphatic rings. The molecule has 6 heteroatoms. The van der Waals surface area contributed by atoms with Gasteiger partial charge in [-0.15, -0.1) is 0 Å². The standard InChI is InChI=1S/C27H28F2N2O2/c1-19-9-11-20(12-10-19)27(32)31(22-5-3-6-23(17-22)33-2)21-13-15-30(16-14-21)18-24-25(28)7-4-8-26(24)29/h3-12,17,21H,13-16,18H2,1-2H3. The van der Waals surface area contributed by atoms with Crippen molar-refractivity contribution < 1.29 is 18.3 Å². The molecule has 0 saturated carbocycles. The number of rotatable bonds is 6. The van der Waals surface area contributed by atoms with E-state index < -0.39 is 11.6 Å². The van der Waals surface area contributed by atoms with E-state index in [1.165, 1.54) is 18.2 Å². The number of aryl methyl sites for hydroxylation is 1. The van der Waals surface area contributed by atoms with Gasteiger partial charge in [0.2, 0.25) is 0 Å². The summed E-state index contributed by atoms with van der Waals surface area (Å²) < 4.78 is 33.6. The fourth-order valence-corrected chi connectivity index (χ4v) is 4.33. The predicted octanol–water partition coefficient (Wildman–Crippen LogP) is 5.59. The van der Waals surface area contributed by atoms with Gasteiger partial charge in [-0.3, -0.25) is 9.69 Å². The quantitative estimate of drug-likeness (QED) is 0.491. The summed E-state index contributed by atoms with van der Waals surface area (Å²) in [6.45, 7) is 3.48. The summed E-state index contributed by atoms with van der Waals surface area (Å²) in [5.41, 5.74) is 2.59. The third kappa shape index (κ3) is 5.22. The van der Waals surface area contributed by atoms with Crippen LogP contribution in [0.2, 0.25) is 0 Å². The van der Waals surface area contributed by atoms with Crippen molar-refractivity contribution in [3.05, 3.63) is 95.1 Å². The maximum absolute atomic E-state index is 14.1. The molecular formula is C27H28F2N2O2. The number of methoxy groups -OCH3 is 1. The SMILES string of the molecule is COc1cccc(N(C(=O)c2ccc(C)cc2)C2CCN(Cc3c(F)cccc3F)CC2)c1. The number of likely N-dealkylation sites (tertiary alicyclic amines) is 1. The lowest BCUT2D eigenvalue weighted by molar-refractivity contribution is 0.0958. The van der Waals surface area contributed by atoms with Crippen LogP contribution in [0.25, 0.3) is 0 Å². The summed E-state index contributed by atoms with van der Waals surface area (Å²) >= 11 is 0. The third-order valence-electron chi connectivity index (χ3n) is 6.21. The molecule has 0 spiro atoms. The number of carbonyl (C=O) groups excluding carboxylic acids is 1. The lowest BCUT2D eigenvalue weighted by Gasteiger charge is -2.39. The largest absolute Gasteiger partial charge is 0.497 e. The Hall–Kier alpha value is -3.25. The number of hydrogen-bond donors (Lipinski definition) is 0. The van der Waals surface area contributed by atoms with Gasteiger partial charge in [-0.25, -0.2) is 8.78 Å². The summed E-state index contributed by atoms with van der Waals surface area (Å²) in [7, 11) is 1.60. The van der Waals surface area contributed by atoms with E-state index in [1.807, 2.05) is 65.3 Å². The number of benzene rings is 3. The monoisotopic (exact) mass is 450 g/mol. The van der Waals surface area contributed by atoms with E-state index >= 15 is 0 Å². The summed E-state index contributed by atoms with van der Waals surface area (Å²) in [5, 5.41) is 0. The highest BCUT2D eigenvalue weighted by Gasteiger charge is 2.30. The Bertz CT molecular complexity index is 1090. The number of amides is 1. The van der Waals surface area contributed by atoms with E-state index in [-0.39, 0.29) is 24.1 Å². The number of carbonyl (C=O) groups is 1. The highest BCUT2D eigenvalue weighted by atomic mass is 19.1. The fourth-order valence-electron chi connectivity index (χ4n) is 4.33. The van der Waals surface area contributed by atoms with Crippen molar-refractivity contribution in [2.24, 2.45) is 0 Å². The van der Waals surface area contributed by atoms with Gasteiger partial charge in [-0.05, 0) is 56.2 Å². The zero-order chi connectivity index (χ0) is 23.4. The third-order valence-corrected chi connectivity index (χ3v) is 6.21. The van der Waals surface area contributed by atoms with Crippen LogP contribution in [0, 0.1) is 18.6 Å². The fraction of sp³-hybridized carbons (Fsp3) is 0.296. The van der Waals surface area contributed by atoms with Gasteiger partial charge < -0.3 is 9.64 Å². The summed E-state index contributed by atoms with van der Waals surface area (Å²) in [4.78, 5) is 17.5. The molecule has 4 rings (SSSR count). The van der Waals surface area contributed by atoms with Crippen molar-refractivity contribution in [1.82, 2.24) is 4.90 Å². The molecule has 0 radical (unpaired) electrons. The number of piperidine rings is 1. The van der Waals surface area contributed by atoms with Crippen LogP contribution >= 0.6 is 0 Å². The zero-order valence-electron chi connectivity index (χ0n) is 18.9. The van der Waals surface area contributed by atoms with Crippen LogP contribution in [0.5, 0.6) is 5.75 Å². The first-order valence-electron chi connectivity index (χ1n) is 11.2. The minimum atomic E-state index is -0.523. The highest BCUT2D eigenvalue weighted by molar-refractivity contribution is 6.06. The Morgan fingerprint density at radius 3 is 2.27 bits per heavy atom. The van der Waals surface area contributed by atoms with E-state index in [9.17, 15) is 13.6 Å². The second kappa shape index (κ2) is 10.1. The van der Waals surface area contributed by atoms with Gasteiger partial charge in [0.15, 0.2) is 0 Å².